The first-order valence-corrected chi connectivity index (χ1v) is 5.33. The highest BCUT2D eigenvalue weighted by Crippen LogP contribution is 2.10. The fraction of sp³-hybridized carbons (Fsp3) is 0.545. The molecule has 90 valence electrons. The van der Waals surface area contributed by atoms with E-state index >= 15 is 0 Å². The number of aromatic nitrogens is 1. The van der Waals surface area contributed by atoms with Crippen LogP contribution in [-0.2, 0) is 7.05 Å². The van der Waals surface area contributed by atoms with Gasteiger partial charge in [-0.1, -0.05) is 0 Å². The first-order chi connectivity index (χ1) is 7.20. The molecule has 1 aliphatic heterocycles. The van der Waals surface area contributed by atoms with Gasteiger partial charge in [-0.25, -0.2) is 0 Å². The number of halogens is 1. The van der Waals surface area contributed by atoms with Crippen LogP contribution in [0.4, 0.5) is 0 Å². The second-order valence-corrected chi connectivity index (χ2v) is 4.06. The Kier molecular flexibility index (Phi) is 4.38. The van der Waals surface area contributed by atoms with Gasteiger partial charge in [-0.05, 0) is 19.1 Å². The number of hydrogen-bond donors (Lipinski definition) is 1. The Hall–Kier alpha value is -1.00. The minimum absolute atomic E-state index is 0. The molecular formula is C11H18ClN3O. The maximum atomic E-state index is 12.2. The zero-order chi connectivity index (χ0) is 10.8. The van der Waals surface area contributed by atoms with Crippen molar-refractivity contribution in [3.05, 3.63) is 24.0 Å². The van der Waals surface area contributed by atoms with Gasteiger partial charge < -0.3 is 14.8 Å². The summed E-state index contributed by atoms with van der Waals surface area (Å²) in [6.45, 7) is 4.65. The molecule has 1 saturated heterocycles. The zero-order valence-corrected chi connectivity index (χ0v) is 10.5. The minimum atomic E-state index is 0. The third-order valence-corrected chi connectivity index (χ3v) is 2.93. The monoisotopic (exact) mass is 243 g/mol. The van der Waals surface area contributed by atoms with Crippen LogP contribution in [0.1, 0.15) is 17.4 Å². The summed E-state index contributed by atoms with van der Waals surface area (Å²) in [7, 11) is 1.90. The van der Waals surface area contributed by atoms with Crippen molar-refractivity contribution in [2.45, 2.75) is 13.0 Å². The molecule has 1 unspecified atom stereocenters. The Labute approximate surface area is 102 Å². The van der Waals surface area contributed by atoms with Crippen LogP contribution in [0.15, 0.2) is 18.3 Å². The van der Waals surface area contributed by atoms with Crippen molar-refractivity contribution in [2.75, 3.05) is 19.6 Å². The summed E-state index contributed by atoms with van der Waals surface area (Å²) in [4.78, 5) is 14.1. The van der Waals surface area contributed by atoms with Crippen LogP contribution in [0.25, 0.3) is 0 Å². The predicted molar refractivity (Wildman–Crippen MR) is 66.0 cm³/mol. The summed E-state index contributed by atoms with van der Waals surface area (Å²) in [6.07, 6.45) is 1.90. The molecule has 0 aromatic carbocycles. The number of amides is 1. The summed E-state index contributed by atoms with van der Waals surface area (Å²) in [5.74, 6) is 0.136. The van der Waals surface area contributed by atoms with E-state index < -0.39 is 0 Å². The molecule has 16 heavy (non-hydrogen) atoms. The summed E-state index contributed by atoms with van der Waals surface area (Å²) in [5.41, 5.74) is 0.767. The van der Waals surface area contributed by atoms with Crippen LogP contribution >= 0.6 is 12.4 Å². The number of piperazine rings is 1. The maximum Gasteiger partial charge on any atom is 0.270 e. The molecule has 0 aliphatic carbocycles. The normalized spacial score (nSPS) is 20.4. The molecule has 0 radical (unpaired) electrons. The van der Waals surface area contributed by atoms with E-state index in [2.05, 4.69) is 12.2 Å². The summed E-state index contributed by atoms with van der Waals surface area (Å²) in [5, 5.41) is 3.28. The lowest BCUT2D eigenvalue weighted by molar-refractivity contribution is 0.0646. The Morgan fingerprint density at radius 2 is 2.31 bits per heavy atom. The van der Waals surface area contributed by atoms with Gasteiger partial charge in [0.1, 0.15) is 5.69 Å². The van der Waals surface area contributed by atoms with Gasteiger partial charge in [-0.15, -0.1) is 12.4 Å². The molecule has 1 amide bonds. The maximum absolute atomic E-state index is 12.2. The molecule has 1 aliphatic rings. The molecule has 0 saturated carbocycles. The molecule has 0 bridgehead atoms. The molecule has 1 N–H and O–H groups in total. The molecular weight excluding hydrogens is 226 g/mol. The number of nitrogens with one attached hydrogen (secondary N) is 1. The Bertz CT molecular complexity index is 364. The fourth-order valence-electron chi connectivity index (χ4n) is 1.97. The molecule has 0 spiro atoms. The number of carbonyl (C=O) groups is 1. The average Bonchev–Trinajstić information content (AvgIpc) is 2.64. The van der Waals surface area contributed by atoms with Gasteiger partial charge in [0.05, 0.1) is 0 Å². The van der Waals surface area contributed by atoms with Crippen molar-refractivity contribution in [2.24, 2.45) is 7.05 Å². The standard InChI is InChI=1S/C11H17N3O.ClH/c1-9-8-12-5-7-14(9)11(15)10-4-3-6-13(10)2;/h3-4,6,9,12H,5,7-8H2,1-2H3;1H. The molecule has 1 atom stereocenters. The van der Waals surface area contributed by atoms with E-state index in [-0.39, 0.29) is 24.4 Å². The highest BCUT2D eigenvalue weighted by Gasteiger charge is 2.24. The predicted octanol–water partition coefficient (Wildman–Crippen LogP) is 0.881. The number of aryl methyl sites for hydroxylation is 1. The molecule has 2 heterocycles. The van der Waals surface area contributed by atoms with Crippen LogP contribution in [0.2, 0.25) is 0 Å². The van der Waals surface area contributed by atoms with Gasteiger partial charge in [0.25, 0.3) is 5.91 Å². The molecule has 5 heteroatoms. The number of hydrogen-bond acceptors (Lipinski definition) is 2. The summed E-state index contributed by atoms with van der Waals surface area (Å²) >= 11 is 0. The van der Waals surface area contributed by atoms with Gasteiger partial charge in [-0.2, -0.15) is 0 Å². The minimum Gasteiger partial charge on any atom is -0.347 e. The van der Waals surface area contributed by atoms with Gasteiger partial charge in [0.15, 0.2) is 0 Å². The van der Waals surface area contributed by atoms with Gasteiger partial charge in [0, 0.05) is 38.9 Å². The molecule has 2 rings (SSSR count). The van der Waals surface area contributed by atoms with E-state index in [0.717, 1.165) is 25.3 Å². The number of carbonyl (C=O) groups excluding carboxylic acids is 1. The van der Waals surface area contributed by atoms with Gasteiger partial charge >= 0.3 is 0 Å². The topological polar surface area (TPSA) is 37.3 Å². The van der Waals surface area contributed by atoms with Crippen molar-refractivity contribution in [1.82, 2.24) is 14.8 Å². The molecule has 4 nitrogen and oxygen atoms in total. The van der Waals surface area contributed by atoms with Crippen LogP contribution in [-0.4, -0.2) is 41.1 Å². The Morgan fingerprint density at radius 1 is 1.56 bits per heavy atom. The smallest absolute Gasteiger partial charge is 0.270 e. The van der Waals surface area contributed by atoms with E-state index in [1.165, 1.54) is 0 Å². The van der Waals surface area contributed by atoms with Crippen molar-refractivity contribution in [3.8, 4) is 0 Å². The third-order valence-electron chi connectivity index (χ3n) is 2.93. The lowest BCUT2D eigenvalue weighted by Crippen LogP contribution is -2.52. The SMILES string of the molecule is CC1CNCCN1C(=O)c1cccn1C.Cl. The highest BCUT2D eigenvalue weighted by molar-refractivity contribution is 5.93. The van der Waals surface area contributed by atoms with Crippen LogP contribution in [0.3, 0.4) is 0 Å². The highest BCUT2D eigenvalue weighted by atomic mass is 35.5. The number of nitrogens with zero attached hydrogens (tertiary/aromatic N) is 2. The van der Waals surface area contributed by atoms with E-state index in [0.29, 0.717) is 0 Å². The lowest BCUT2D eigenvalue weighted by atomic mass is 10.2. The zero-order valence-electron chi connectivity index (χ0n) is 9.64. The van der Waals surface area contributed by atoms with Crippen LogP contribution < -0.4 is 5.32 Å². The molecule has 1 aromatic rings. The number of rotatable bonds is 1. The van der Waals surface area contributed by atoms with Crippen LogP contribution in [0, 0.1) is 0 Å². The molecule has 1 fully saturated rings. The van der Waals surface area contributed by atoms with Gasteiger partial charge in [0.2, 0.25) is 0 Å². The molecule has 1 aromatic heterocycles. The van der Waals surface area contributed by atoms with E-state index in [1.807, 2.05) is 34.8 Å². The second-order valence-electron chi connectivity index (χ2n) is 4.06. The van der Waals surface area contributed by atoms with Crippen molar-refractivity contribution < 1.29 is 4.79 Å². The first kappa shape index (κ1) is 13.1. The van der Waals surface area contributed by atoms with Crippen molar-refractivity contribution in [1.29, 1.82) is 0 Å². The Morgan fingerprint density at radius 3 is 2.88 bits per heavy atom. The Balaban J connectivity index is 0.00000128. The lowest BCUT2D eigenvalue weighted by Gasteiger charge is -2.34. The van der Waals surface area contributed by atoms with E-state index in [4.69, 9.17) is 0 Å². The fourth-order valence-corrected chi connectivity index (χ4v) is 1.97. The van der Waals surface area contributed by atoms with E-state index in [1.54, 1.807) is 0 Å². The van der Waals surface area contributed by atoms with Crippen molar-refractivity contribution >= 4 is 18.3 Å². The van der Waals surface area contributed by atoms with Crippen LogP contribution in [0.5, 0.6) is 0 Å². The second kappa shape index (κ2) is 5.37. The first-order valence-electron chi connectivity index (χ1n) is 5.33. The average molecular weight is 244 g/mol. The summed E-state index contributed by atoms with van der Waals surface area (Å²) < 4.78 is 1.87. The van der Waals surface area contributed by atoms with Gasteiger partial charge in [-0.3, -0.25) is 4.79 Å². The summed E-state index contributed by atoms with van der Waals surface area (Å²) in [6, 6.07) is 4.05. The van der Waals surface area contributed by atoms with E-state index in [9.17, 15) is 4.79 Å². The van der Waals surface area contributed by atoms with Crippen molar-refractivity contribution in [3.63, 3.8) is 0 Å². The third kappa shape index (κ3) is 2.39. The largest absolute Gasteiger partial charge is 0.347 e. The quantitative estimate of drug-likeness (QED) is 0.795.